The molecule has 2 saturated heterocycles. The van der Waals surface area contributed by atoms with Gasteiger partial charge in [0.1, 0.15) is 5.60 Å². The second-order valence-electron chi connectivity index (χ2n) is 5.98. The number of likely N-dealkylation sites (tertiary alicyclic amines) is 2. The zero-order chi connectivity index (χ0) is 11.9. The van der Waals surface area contributed by atoms with Crippen molar-refractivity contribution in [1.29, 1.82) is 0 Å². The van der Waals surface area contributed by atoms with Crippen LogP contribution in [0, 0.1) is 5.92 Å². The zero-order valence-electron chi connectivity index (χ0n) is 10.7. The summed E-state index contributed by atoms with van der Waals surface area (Å²) in [5.41, 5.74) is -0.388. The van der Waals surface area contributed by atoms with Crippen LogP contribution >= 0.6 is 0 Å². The molecule has 2 aliphatic rings. The van der Waals surface area contributed by atoms with Crippen LogP contribution in [0.5, 0.6) is 0 Å². The summed E-state index contributed by atoms with van der Waals surface area (Å²) in [5, 5.41) is 0. The van der Waals surface area contributed by atoms with E-state index in [0.29, 0.717) is 12.0 Å². The van der Waals surface area contributed by atoms with Gasteiger partial charge in [-0.25, -0.2) is 4.79 Å². The lowest BCUT2D eigenvalue weighted by atomic mass is 10.1. The third-order valence-corrected chi connectivity index (χ3v) is 3.48. The summed E-state index contributed by atoms with van der Waals surface area (Å²) in [7, 11) is 2.14. The molecule has 0 aromatic rings. The SMILES string of the molecule is CN1CCC2CN(C(=O)OC(C)(C)C)CC21. The molecule has 0 aliphatic carbocycles. The van der Waals surface area contributed by atoms with Crippen molar-refractivity contribution >= 4 is 6.09 Å². The maximum absolute atomic E-state index is 11.9. The molecule has 1 amide bonds. The molecular formula is C12H22N2O2. The molecule has 2 unspecified atom stereocenters. The van der Waals surface area contributed by atoms with Crippen molar-refractivity contribution in [3.05, 3.63) is 0 Å². The van der Waals surface area contributed by atoms with Gasteiger partial charge in [-0.15, -0.1) is 0 Å². The van der Waals surface area contributed by atoms with Gasteiger partial charge in [0.2, 0.25) is 0 Å². The number of amides is 1. The molecule has 0 N–H and O–H groups in total. The summed E-state index contributed by atoms with van der Waals surface area (Å²) >= 11 is 0. The van der Waals surface area contributed by atoms with Crippen LogP contribution in [-0.2, 0) is 4.74 Å². The highest BCUT2D eigenvalue weighted by molar-refractivity contribution is 5.68. The zero-order valence-corrected chi connectivity index (χ0v) is 10.7. The minimum Gasteiger partial charge on any atom is -0.444 e. The van der Waals surface area contributed by atoms with E-state index in [9.17, 15) is 4.79 Å². The Kier molecular flexibility index (Phi) is 2.86. The normalized spacial score (nSPS) is 30.6. The Balaban J connectivity index is 1.92. The molecule has 2 fully saturated rings. The van der Waals surface area contributed by atoms with E-state index in [4.69, 9.17) is 4.74 Å². The predicted molar refractivity (Wildman–Crippen MR) is 62.3 cm³/mol. The van der Waals surface area contributed by atoms with E-state index in [0.717, 1.165) is 19.6 Å². The first kappa shape index (κ1) is 11.7. The predicted octanol–water partition coefficient (Wildman–Crippen LogP) is 1.56. The fourth-order valence-corrected chi connectivity index (χ4v) is 2.65. The average molecular weight is 226 g/mol. The molecule has 2 rings (SSSR count). The minimum atomic E-state index is -0.388. The quantitative estimate of drug-likeness (QED) is 0.628. The molecule has 0 radical (unpaired) electrons. The molecule has 2 atom stereocenters. The summed E-state index contributed by atoms with van der Waals surface area (Å²) in [4.78, 5) is 16.1. The second-order valence-corrected chi connectivity index (χ2v) is 5.98. The Hall–Kier alpha value is -0.770. The summed E-state index contributed by atoms with van der Waals surface area (Å²) in [6, 6.07) is 0.549. The van der Waals surface area contributed by atoms with Crippen LogP contribution in [0.4, 0.5) is 4.79 Å². The van der Waals surface area contributed by atoms with E-state index < -0.39 is 0 Å². The minimum absolute atomic E-state index is 0.157. The second kappa shape index (κ2) is 3.91. The third-order valence-electron chi connectivity index (χ3n) is 3.48. The van der Waals surface area contributed by atoms with Gasteiger partial charge in [-0.1, -0.05) is 0 Å². The molecule has 0 aromatic carbocycles. The summed E-state index contributed by atoms with van der Waals surface area (Å²) in [5.74, 6) is 0.650. The topological polar surface area (TPSA) is 32.8 Å². The number of hydrogen-bond acceptors (Lipinski definition) is 3. The summed E-state index contributed by atoms with van der Waals surface area (Å²) < 4.78 is 5.39. The standard InChI is InChI=1S/C12H22N2O2/c1-12(2,3)16-11(15)14-7-9-5-6-13(4)10(9)8-14/h9-10H,5-8H2,1-4H3. The Morgan fingerprint density at radius 3 is 2.56 bits per heavy atom. The number of nitrogens with zero attached hydrogens (tertiary/aromatic N) is 2. The summed E-state index contributed by atoms with van der Waals surface area (Å²) in [6.45, 7) is 8.59. The first-order valence-electron chi connectivity index (χ1n) is 6.05. The number of rotatable bonds is 0. The Labute approximate surface area is 97.5 Å². The Morgan fingerprint density at radius 2 is 2.00 bits per heavy atom. The van der Waals surface area contributed by atoms with Gasteiger partial charge in [0.15, 0.2) is 0 Å². The highest BCUT2D eigenvalue weighted by Gasteiger charge is 2.42. The highest BCUT2D eigenvalue weighted by atomic mass is 16.6. The van der Waals surface area contributed by atoms with E-state index >= 15 is 0 Å². The van der Waals surface area contributed by atoms with Crippen molar-refractivity contribution in [3.8, 4) is 0 Å². The maximum atomic E-state index is 11.9. The van der Waals surface area contributed by atoms with E-state index in [1.807, 2.05) is 25.7 Å². The molecule has 0 spiro atoms. The van der Waals surface area contributed by atoms with Crippen molar-refractivity contribution in [3.63, 3.8) is 0 Å². The highest BCUT2D eigenvalue weighted by Crippen LogP contribution is 2.30. The third kappa shape index (κ3) is 2.32. The fourth-order valence-electron chi connectivity index (χ4n) is 2.65. The molecule has 0 bridgehead atoms. The van der Waals surface area contributed by atoms with Crippen molar-refractivity contribution in [2.75, 3.05) is 26.7 Å². The van der Waals surface area contributed by atoms with Crippen molar-refractivity contribution in [1.82, 2.24) is 9.80 Å². The van der Waals surface area contributed by atoms with Gasteiger partial charge in [0.05, 0.1) is 0 Å². The molecular weight excluding hydrogens is 204 g/mol. The number of hydrogen-bond donors (Lipinski definition) is 0. The average Bonchev–Trinajstić information content (AvgIpc) is 2.65. The van der Waals surface area contributed by atoms with Crippen LogP contribution in [-0.4, -0.2) is 54.2 Å². The van der Waals surface area contributed by atoms with Gasteiger partial charge < -0.3 is 14.5 Å². The van der Waals surface area contributed by atoms with Gasteiger partial charge in [0, 0.05) is 19.1 Å². The van der Waals surface area contributed by atoms with Gasteiger partial charge in [-0.05, 0) is 46.7 Å². The van der Waals surface area contributed by atoms with E-state index in [1.54, 1.807) is 0 Å². The lowest BCUT2D eigenvalue weighted by Crippen LogP contribution is -2.38. The smallest absolute Gasteiger partial charge is 0.410 e. The first-order chi connectivity index (χ1) is 7.37. The van der Waals surface area contributed by atoms with Crippen molar-refractivity contribution in [2.45, 2.75) is 38.8 Å². The molecule has 0 saturated carbocycles. The van der Waals surface area contributed by atoms with E-state index in [-0.39, 0.29) is 11.7 Å². The number of carbonyl (C=O) groups is 1. The van der Waals surface area contributed by atoms with Crippen LogP contribution in [0.1, 0.15) is 27.2 Å². The lowest BCUT2D eigenvalue weighted by molar-refractivity contribution is 0.0275. The van der Waals surface area contributed by atoms with Crippen LogP contribution < -0.4 is 0 Å². The maximum Gasteiger partial charge on any atom is 0.410 e. The van der Waals surface area contributed by atoms with Gasteiger partial charge in [-0.3, -0.25) is 0 Å². The van der Waals surface area contributed by atoms with Crippen LogP contribution in [0.3, 0.4) is 0 Å². The number of likely N-dealkylation sites (N-methyl/N-ethyl adjacent to an activating group) is 1. The van der Waals surface area contributed by atoms with Crippen molar-refractivity contribution in [2.24, 2.45) is 5.92 Å². The van der Waals surface area contributed by atoms with Crippen LogP contribution in [0.15, 0.2) is 0 Å². The fraction of sp³-hybridized carbons (Fsp3) is 0.917. The number of ether oxygens (including phenoxy) is 1. The van der Waals surface area contributed by atoms with E-state index in [1.165, 1.54) is 6.42 Å². The summed E-state index contributed by atoms with van der Waals surface area (Å²) in [6.07, 6.45) is 1.05. The molecule has 0 aromatic heterocycles. The molecule has 2 aliphatic heterocycles. The lowest BCUT2D eigenvalue weighted by Gasteiger charge is -2.25. The molecule has 2 heterocycles. The largest absolute Gasteiger partial charge is 0.444 e. The van der Waals surface area contributed by atoms with E-state index in [2.05, 4.69) is 11.9 Å². The molecule has 16 heavy (non-hydrogen) atoms. The number of carbonyl (C=O) groups excluding carboxylic acids is 1. The van der Waals surface area contributed by atoms with Gasteiger partial charge >= 0.3 is 6.09 Å². The van der Waals surface area contributed by atoms with Crippen molar-refractivity contribution < 1.29 is 9.53 Å². The van der Waals surface area contributed by atoms with Crippen LogP contribution in [0.2, 0.25) is 0 Å². The molecule has 92 valence electrons. The Morgan fingerprint density at radius 1 is 1.31 bits per heavy atom. The monoisotopic (exact) mass is 226 g/mol. The first-order valence-corrected chi connectivity index (χ1v) is 6.05. The Bertz CT molecular complexity index is 285. The molecule has 4 nitrogen and oxygen atoms in total. The number of fused-ring (bicyclic) bond motifs is 1. The molecule has 4 heteroatoms. The van der Waals surface area contributed by atoms with Gasteiger partial charge in [-0.2, -0.15) is 0 Å². The van der Waals surface area contributed by atoms with Gasteiger partial charge in [0.25, 0.3) is 0 Å². The van der Waals surface area contributed by atoms with Crippen LogP contribution in [0.25, 0.3) is 0 Å².